The molecule has 3 rings (SSSR count). The number of benzene rings is 1. The van der Waals surface area contributed by atoms with Crippen molar-refractivity contribution < 1.29 is 4.79 Å². The van der Waals surface area contributed by atoms with Gasteiger partial charge in [-0.2, -0.15) is 0 Å². The first kappa shape index (κ1) is 16.9. The smallest absolute Gasteiger partial charge is 0.257 e. The summed E-state index contributed by atoms with van der Waals surface area (Å²) in [5.41, 5.74) is 2.19. The highest BCUT2D eigenvalue weighted by molar-refractivity contribution is 6.29. The standard InChI is InChI=1S/C18H16ClN5O/c1-24(12-13-7-8-16(19)20-9-13)17(25)14-10-21-18(22-11-14)23-15-5-3-2-4-6-15/h2-11H,12H2,1H3,(H,21,22,23). The van der Waals surface area contributed by atoms with Crippen molar-refractivity contribution in [2.45, 2.75) is 6.54 Å². The molecule has 0 radical (unpaired) electrons. The number of nitrogens with zero attached hydrogens (tertiary/aromatic N) is 4. The van der Waals surface area contributed by atoms with Crippen molar-refractivity contribution in [3.8, 4) is 0 Å². The zero-order valence-electron chi connectivity index (χ0n) is 13.6. The summed E-state index contributed by atoms with van der Waals surface area (Å²) in [4.78, 5) is 26.4. The number of hydrogen-bond donors (Lipinski definition) is 1. The Bertz CT molecular complexity index is 838. The zero-order chi connectivity index (χ0) is 17.6. The number of nitrogens with one attached hydrogen (secondary N) is 1. The maximum Gasteiger partial charge on any atom is 0.257 e. The summed E-state index contributed by atoms with van der Waals surface area (Å²) in [7, 11) is 1.72. The largest absolute Gasteiger partial charge is 0.337 e. The second-order valence-corrected chi connectivity index (χ2v) is 5.82. The van der Waals surface area contributed by atoms with E-state index >= 15 is 0 Å². The Morgan fingerprint density at radius 3 is 2.40 bits per heavy atom. The van der Waals surface area contributed by atoms with Gasteiger partial charge in [0.1, 0.15) is 5.15 Å². The van der Waals surface area contributed by atoms with Crippen molar-refractivity contribution in [3.63, 3.8) is 0 Å². The van der Waals surface area contributed by atoms with E-state index in [0.717, 1.165) is 11.3 Å². The highest BCUT2D eigenvalue weighted by Gasteiger charge is 2.13. The third-order valence-corrected chi connectivity index (χ3v) is 3.71. The fourth-order valence-electron chi connectivity index (χ4n) is 2.22. The number of aromatic nitrogens is 3. The Morgan fingerprint density at radius 1 is 1.04 bits per heavy atom. The molecule has 0 atom stereocenters. The van der Waals surface area contributed by atoms with Gasteiger partial charge in [-0.1, -0.05) is 35.9 Å². The number of carbonyl (C=O) groups excluding carboxylic acids is 1. The minimum Gasteiger partial charge on any atom is -0.337 e. The van der Waals surface area contributed by atoms with Crippen LogP contribution < -0.4 is 5.32 Å². The number of amides is 1. The summed E-state index contributed by atoms with van der Waals surface area (Å²) in [5, 5.41) is 3.50. The second-order valence-electron chi connectivity index (χ2n) is 5.44. The van der Waals surface area contributed by atoms with Gasteiger partial charge in [0.25, 0.3) is 5.91 Å². The predicted octanol–water partition coefficient (Wildman–Crippen LogP) is 3.54. The summed E-state index contributed by atoms with van der Waals surface area (Å²) in [6.07, 6.45) is 4.67. The van der Waals surface area contributed by atoms with Gasteiger partial charge in [0.05, 0.1) is 5.56 Å². The number of halogens is 1. The number of para-hydroxylation sites is 1. The molecule has 0 bridgehead atoms. The minimum absolute atomic E-state index is 0.166. The molecule has 0 aliphatic carbocycles. The summed E-state index contributed by atoms with van der Waals surface area (Å²) in [6, 6.07) is 13.1. The fourth-order valence-corrected chi connectivity index (χ4v) is 2.33. The van der Waals surface area contributed by atoms with Gasteiger partial charge in [-0.15, -0.1) is 0 Å². The van der Waals surface area contributed by atoms with Crippen LogP contribution >= 0.6 is 11.6 Å². The van der Waals surface area contributed by atoms with Crippen LogP contribution in [0.2, 0.25) is 5.15 Å². The second kappa shape index (κ2) is 7.72. The maximum atomic E-state index is 12.5. The van der Waals surface area contributed by atoms with Crippen LogP contribution in [0.25, 0.3) is 0 Å². The summed E-state index contributed by atoms with van der Waals surface area (Å²) >= 11 is 5.77. The lowest BCUT2D eigenvalue weighted by molar-refractivity contribution is 0.0784. The average Bonchev–Trinajstić information content (AvgIpc) is 2.64. The molecule has 25 heavy (non-hydrogen) atoms. The number of rotatable bonds is 5. The van der Waals surface area contributed by atoms with E-state index < -0.39 is 0 Å². The van der Waals surface area contributed by atoms with E-state index in [9.17, 15) is 4.79 Å². The molecule has 1 amide bonds. The summed E-state index contributed by atoms with van der Waals surface area (Å²) in [5.74, 6) is 0.272. The minimum atomic E-state index is -0.166. The summed E-state index contributed by atoms with van der Waals surface area (Å²) in [6.45, 7) is 0.424. The Kier molecular flexibility index (Phi) is 5.20. The Labute approximate surface area is 150 Å². The molecule has 6 nitrogen and oxygen atoms in total. The van der Waals surface area contributed by atoms with Gasteiger partial charge in [0, 0.05) is 37.9 Å². The highest BCUT2D eigenvalue weighted by atomic mass is 35.5. The molecule has 0 aliphatic rings. The van der Waals surface area contributed by atoms with Gasteiger partial charge >= 0.3 is 0 Å². The SMILES string of the molecule is CN(Cc1ccc(Cl)nc1)C(=O)c1cnc(Nc2ccccc2)nc1. The lowest BCUT2D eigenvalue weighted by atomic mass is 10.2. The number of carbonyl (C=O) groups is 1. The molecule has 0 aliphatic heterocycles. The van der Waals surface area contributed by atoms with Gasteiger partial charge in [-0.3, -0.25) is 4.79 Å². The van der Waals surface area contributed by atoms with Crippen molar-refractivity contribution in [2.24, 2.45) is 0 Å². The maximum absolute atomic E-state index is 12.5. The third-order valence-electron chi connectivity index (χ3n) is 3.48. The van der Waals surface area contributed by atoms with Crippen LogP contribution in [-0.2, 0) is 6.54 Å². The molecule has 2 heterocycles. The van der Waals surface area contributed by atoms with Gasteiger partial charge in [0.2, 0.25) is 5.95 Å². The van der Waals surface area contributed by atoms with Crippen LogP contribution in [0.3, 0.4) is 0 Å². The van der Waals surface area contributed by atoms with E-state index in [1.54, 1.807) is 24.2 Å². The van der Waals surface area contributed by atoms with E-state index in [0.29, 0.717) is 23.2 Å². The molecule has 3 aromatic rings. The van der Waals surface area contributed by atoms with Crippen LogP contribution in [0.5, 0.6) is 0 Å². The fraction of sp³-hybridized carbons (Fsp3) is 0.111. The Morgan fingerprint density at radius 2 is 1.76 bits per heavy atom. The lowest BCUT2D eigenvalue weighted by Gasteiger charge is -2.17. The van der Waals surface area contributed by atoms with Crippen LogP contribution in [0, 0.1) is 0 Å². The van der Waals surface area contributed by atoms with Crippen molar-refractivity contribution in [2.75, 3.05) is 12.4 Å². The molecule has 1 N–H and O–H groups in total. The molecule has 2 aromatic heterocycles. The number of anilines is 2. The molecule has 0 saturated carbocycles. The molecule has 0 fully saturated rings. The van der Waals surface area contributed by atoms with Crippen molar-refractivity contribution in [1.29, 1.82) is 0 Å². The van der Waals surface area contributed by atoms with Crippen LogP contribution in [-0.4, -0.2) is 32.8 Å². The summed E-state index contributed by atoms with van der Waals surface area (Å²) < 4.78 is 0. The highest BCUT2D eigenvalue weighted by Crippen LogP contribution is 2.13. The van der Waals surface area contributed by atoms with Gasteiger partial charge in [-0.25, -0.2) is 15.0 Å². The van der Waals surface area contributed by atoms with E-state index in [-0.39, 0.29) is 5.91 Å². The van der Waals surface area contributed by atoms with Crippen molar-refractivity contribution in [3.05, 3.63) is 77.3 Å². The Hall–Kier alpha value is -2.99. The molecule has 7 heteroatoms. The van der Waals surface area contributed by atoms with E-state index in [1.807, 2.05) is 36.4 Å². The first-order valence-corrected chi connectivity index (χ1v) is 7.99. The van der Waals surface area contributed by atoms with Crippen LogP contribution in [0.4, 0.5) is 11.6 Å². The Balaban J connectivity index is 1.64. The molecular weight excluding hydrogens is 338 g/mol. The third kappa shape index (κ3) is 4.51. The lowest BCUT2D eigenvalue weighted by Crippen LogP contribution is -2.26. The average molecular weight is 354 g/mol. The van der Waals surface area contributed by atoms with E-state index in [2.05, 4.69) is 20.3 Å². The van der Waals surface area contributed by atoms with E-state index in [4.69, 9.17) is 11.6 Å². The molecule has 1 aromatic carbocycles. The van der Waals surface area contributed by atoms with Gasteiger partial charge in [0.15, 0.2) is 0 Å². The normalized spacial score (nSPS) is 10.3. The number of hydrogen-bond acceptors (Lipinski definition) is 5. The predicted molar refractivity (Wildman–Crippen MR) is 96.8 cm³/mol. The molecule has 0 saturated heterocycles. The molecule has 0 unspecified atom stereocenters. The first-order valence-electron chi connectivity index (χ1n) is 7.62. The zero-order valence-corrected chi connectivity index (χ0v) is 14.3. The van der Waals surface area contributed by atoms with Crippen LogP contribution in [0.15, 0.2) is 61.1 Å². The quantitative estimate of drug-likeness (QED) is 0.710. The monoisotopic (exact) mass is 353 g/mol. The first-order chi connectivity index (χ1) is 12.1. The van der Waals surface area contributed by atoms with Crippen molar-refractivity contribution in [1.82, 2.24) is 19.9 Å². The van der Waals surface area contributed by atoms with Crippen molar-refractivity contribution >= 4 is 29.1 Å². The van der Waals surface area contributed by atoms with Gasteiger partial charge < -0.3 is 10.2 Å². The molecule has 0 spiro atoms. The van der Waals surface area contributed by atoms with Gasteiger partial charge in [-0.05, 0) is 23.8 Å². The van der Waals surface area contributed by atoms with E-state index in [1.165, 1.54) is 12.4 Å². The molecule has 126 valence electrons. The molecular formula is C18H16ClN5O. The van der Waals surface area contributed by atoms with Crippen LogP contribution in [0.1, 0.15) is 15.9 Å². The number of pyridine rings is 1. The topological polar surface area (TPSA) is 71.0 Å².